The maximum absolute atomic E-state index is 12.3. The van der Waals surface area contributed by atoms with Crippen LogP contribution < -0.4 is 0 Å². The van der Waals surface area contributed by atoms with Crippen LogP contribution in [0.15, 0.2) is 23.7 Å². The summed E-state index contributed by atoms with van der Waals surface area (Å²) >= 11 is 2.82. The van der Waals surface area contributed by atoms with Crippen LogP contribution in [-0.2, 0) is 17.8 Å². The van der Waals surface area contributed by atoms with Crippen molar-refractivity contribution in [2.75, 3.05) is 7.05 Å². The number of hydrogen-bond donors (Lipinski definition) is 0. The predicted octanol–water partition coefficient (Wildman–Crippen LogP) is 3.05. The number of aryl methyl sites for hydroxylation is 2. The number of carbonyl (C=O) groups is 1. The SMILES string of the molecule is Cc1ncsc1CCC(=O)N(C)Cc1ccc2nsnc2c1. The van der Waals surface area contributed by atoms with Crippen LogP contribution in [0.4, 0.5) is 0 Å². The first-order chi connectivity index (χ1) is 10.6. The Labute approximate surface area is 137 Å². The molecule has 0 aliphatic rings. The molecule has 0 atom stereocenters. The highest BCUT2D eigenvalue weighted by atomic mass is 32.1. The molecule has 7 heteroatoms. The predicted molar refractivity (Wildman–Crippen MR) is 89.1 cm³/mol. The zero-order chi connectivity index (χ0) is 15.5. The molecule has 0 saturated heterocycles. The molecular weight excluding hydrogens is 316 g/mol. The molecule has 2 heterocycles. The molecule has 0 radical (unpaired) electrons. The number of thiazole rings is 1. The molecule has 5 nitrogen and oxygen atoms in total. The Morgan fingerprint density at radius 3 is 2.86 bits per heavy atom. The van der Waals surface area contributed by atoms with Crippen LogP contribution in [0, 0.1) is 6.92 Å². The van der Waals surface area contributed by atoms with Gasteiger partial charge in [-0.3, -0.25) is 4.79 Å². The summed E-state index contributed by atoms with van der Waals surface area (Å²) in [6.07, 6.45) is 1.27. The van der Waals surface area contributed by atoms with Gasteiger partial charge < -0.3 is 4.90 Å². The highest BCUT2D eigenvalue weighted by Crippen LogP contribution is 2.17. The first kappa shape index (κ1) is 15.1. The summed E-state index contributed by atoms with van der Waals surface area (Å²) in [5.74, 6) is 0.143. The van der Waals surface area contributed by atoms with E-state index in [9.17, 15) is 4.79 Å². The second-order valence-corrected chi connectivity index (χ2v) is 6.67. The largest absolute Gasteiger partial charge is 0.341 e. The molecule has 3 rings (SSSR count). The fourth-order valence-corrected chi connectivity index (χ4v) is 3.56. The van der Waals surface area contributed by atoms with E-state index >= 15 is 0 Å². The quantitative estimate of drug-likeness (QED) is 0.720. The van der Waals surface area contributed by atoms with E-state index in [1.165, 1.54) is 16.6 Å². The second-order valence-electron chi connectivity index (χ2n) is 5.20. The minimum Gasteiger partial charge on any atom is -0.341 e. The minimum absolute atomic E-state index is 0.143. The number of aromatic nitrogens is 3. The fourth-order valence-electron chi connectivity index (χ4n) is 2.27. The summed E-state index contributed by atoms with van der Waals surface area (Å²) in [6, 6.07) is 5.95. The molecule has 114 valence electrons. The first-order valence-corrected chi connectivity index (χ1v) is 8.58. The van der Waals surface area contributed by atoms with Gasteiger partial charge in [-0.1, -0.05) is 6.07 Å². The average Bonchev–Trinajstić information content (AvgIpc) is 3.13. The molecule has 3 aromatic rings. The van der Waals surface area contributed by atoms with Crippen LogP contribution in [0.1, 0.15) is 22.6 Å². The third-order valence-corrected chi connectivity index (χ3v) is 5.13. The van der Waals surface area contributed by atoms with E-state index in [0.717, 1.165) is 28.7 Å². The average molecular weight is 332 g/mol. The van der Waals surface area contributed by atoms with Gasteiger partial charge in [0.1, 0.15) is 11.0 Å². The van der Waals surface area contributed by atoms with Gasteiger partial charge in [0.05, 0.1) is 22.9 Å². The third-order valence-electron chi connectivity index (χ3n) is 3.57. The topological polar surface area (TPSA) is 59.0 Å². The number of nitrogens with zero attached hydrogens (tertiary/aromatic N) is 4. The van der Waals surface area contributed by atoms with Gasteiger partial charge >= 0.3 is 0 Å². The molecule has 22 heavy (non-hydrogen) atoms. The number of benzene rings is 1. The lowest BCUT2D eigenvalue weighted by Gasteiger charge is -2.17. The van der Waals surface area contributed by atoms with Crippen LogP contribution in [0.3, 0.4) is 0 Å². The monoisotopic (exact) mass is 332 g/mol. The van der Waals surface area contributed by atoms with E-state index in [-0.39, 0.29) is 5.91 Å². The van der Waals surface area contributed by atoms with E-state index in [2.05, 4.69) is 13.7 Å². The van der Waals surface area contributed by atoms with Crippen molar-refractivity contribution >= 4 is 40.0 Å². The van der Waals surface area contributed by atoms with Gasteiger partial charge in [0.2, 0.25) is 5.91 Å². The van der Waals surface area contributed by atoms with Crippen LogP contribution in [0.25, 0.3) is 11.0 Å². The van der Waals surface area contributed by atoms with Crippen molar-refractivity contribution in [3.8, 4) is 0 Å². The van der Waals surface area contributed by atoms with Crippen LogP contribution in [0.5, 0.6) is 0 Å². The Balaban J connectivity index is 1.59. The fraction of sp³-hybridized carbons (Fsp3) is 0.333. The number of rotatable bonds is 5. The molecule has 1 aromatic carbocycles. The van der Waals surface area contributed by atoms with Gasteiger partial charge in [0, 0.05) is 24.9 Å². The highest BCUT2D eigenvalue weighted by molar-refractivity contribution is 7.09. The molecule has 0 N–H and O–H groups in total. The van der Waals surface area contributed by atoms with E-state index in [1.807, 2.05) is 37.7 Å². The van der Waals surface area contributed by atoms with Crippen molar-refractivity contribution in [2.24, 2.45) is 0 Å². The zero-order valence-electron chi connectivity index (χ0n) is 12.4. The first-order valence-electron chi connectivity index (χ1n) is 6.97. The summed E-state index contributed by atoms with van der Waals surface area (Å²) in [5.41, 5.74) is 5.73. The molecule has 0 aliphatic carbocycles. The van der Waals surface area contributed by atoms with Gasteiger partial charge in [-0.2, -0.15) is 8.75 Å². The van der Waals surface area contributed by atoms with Gasteiger partial charge in [0.25, 0.3) is 0 Å². The number of carbonyl (C=O) groups excluding carboxylic acids is 1. The Kier molecular flexibility index (Phi) is 4.44. The standard InChI is InChI=1S/C15H16N4OS2/c1-10-14(21-9-16-10)5-6-15(20)19(2)8-11-3-4-12-13(7-11)18-22-17-12/h3-4,7,9H,5-6,8H2,1-2H3. The highest BCUT2D eigenvalue weighted by Gasteiger charge is 2.12. The van der Waals surface area contributed by atoms with Crippen LogP contribution >= 0.6 is 23.1 Å². The summed E-state index contributed by atoms with van der Waals surface area (Å²) in [4.78, 5) is 19.4. The summed E-state index contributed by atoms with van der Waals surface area (Å²) < 4.78 is 8.42. The lowest BCUT2D eigenvalue weighted by molar-refractivity contribution is -0.130. The zero-order valence-corrected chi connectivity index (χ0v) is 14.1. The van der Waals surface area contributed by atoms with Crippen molar-refractivity contribution in [3.63, 3.8) is 0 Å². The Morgan fingerprint density at radius 2 is 2.09 bits per heavy atom. The lowest BCUT2D eigenvalue weighted by Crippen LogP contribution is -2.26. The van der Waals surface area contributed by atoms with Gasteiger partial charge in [-0.05, 0) is 31.0 Å². The van der Waals surface area contributed by atoms with Gasteiger partial charge in [-0.15, -0.1) is 11.3 Å². The van der Waals surface area contributed by atoms with E-state index < -0.39 is 0 Å². The lowest BCUT2D eigenvalue weighted by atomic mass is 10.1. The third kappa shape index (κ3) is 3.31. The molecule has 0 fully saturated rings. The number of fused-ring (bicyclic) bond motifs is 1. The smallest absolute Gasteiger partial charge is 0.222 e. The molecule has 0 aliphatic heterocycles. The number of amides is 1. The van der Waals surface area contributed by atoms with Crippen LogP contribution in [0.2, 0.25) is 0 Å². The van der Waals surface area contributed by atoms with Crippen molar-refractivity contribution in [1.29, 1.82) is 0 Å². The van der Waals surface area contributed by atoms with E-state index in [4.69, 9.17) is 0 Å². The van der Waals surface area contributed by atoms with Crippen molar-refractivity contribution in [2.45, 2.75) is 26.3 Å². The van der Waals surface area contributed by atoms with Gasteiger partial charge in [0.15, 0.2) is 0 Å². The Bertz CT molecular complexity index is 796. The number of hydrogen-bond acceptors (Lipinski definition) is 6. The summed E-state index contributed by atoms with van der Waals surface area (Å²) in [6.45, 7) is 2.57. The molecular formula is C15H16N4OS2. The molecule has 0 unspecified atom stereocenters. The summed E-state index contributed by atoms with van der Waals surface area (Å²) in [7, 11) is 1.84. The molecule has 0 bridgehead atoms. The second kappa shape index (κ2) is 6.50. The normalized spacial score (nSPS) is 11.0. The maximum Gasteiger partial charge on any atom is 0.222 e. The molecule has 0 saturated carbocycles. The van der Waals surface area contributed by atoms with E-state index in [0.29, 0.717) is 13.0 Å². The van der Waals surface area contributed by atoms with Crippen molar-refractivity contribution < 1.29 is 4.79 Å². The minimum atomic E-state index is 0.143. The molecule has 1 amide bonds. The van der Waals surface area contributed by atoms with Gasteiger partial charge in [-0.25, -0.2) is 4.98 Å². The Morgan fingerprint density at radius 1 is 1.27 bits per heavy atom. The summed E-state index contributed by atoms with van der Waals surface area (Å²) in [5, 5.41) is 0. The van der Waals surface area contributed by atoms with Crippen molar-refractivity contribution in [3.05, 3.63) is 39.8 Å². The van der Waals surface area contributed by atoms with E-state index in [1.54, 1.807) is 16.2 Å². The van der Waals surface area contributed by atoms with Crippen LogP contribution in [-0.4, -0.2) is 31.6 Å². The maximum atomic E-state index is 12.3. The molecule has 2 aromatic heterocycles. The Hall–Kier alpha value is -1.86. The van der Waals surface area contributed by atoms with Crippen molar-refractivity contribution in [1.82, 2.24) is 18.6 Å². The molecule has 0 spiro atoms.